The van der Waals surface area contributed by atoms with Gasteiger partial charge in [-0.1, -0.05) is 11.6 Å². The van der Waals surface area contributed by atoms with Crippen LogP contribution in [0.25, 0.3) is 10.9 Å². The van der Waals surface area contributed by atoms with Gasteiger partial charge in [0.15, 0.2) is 0 Å². The molecule has 0 radical (unpaired) electrons. The standard InChI is InChI=1S/C9H5ClF3N.Cu.2HI/c10-7-4-8-5(1-2-14-8)3-6(7)9(11,12)13;;;/h1-4,14H;;2*1H/q;+2;;/p-2. The predicted molar refractivity (Wildman–Crippen MR) is 76.4 cm³/mol. The Kier molecular flexibility index (Phi) is 6.38. The van der Waals surface area contributed by atoms with Gasteiger partial charge in [-0.3, -0.25) is 0 Å². The van der Waals surface area contributed by atoms with Gasteiger partial charge in [0.2, 0.25) is 0 Å². The molecule has 0 fully saturated rings. The number of rotatable bonds is 0. The Labute approximate surface area is 129 Å². The van der Waals surface area contributed by atoms with E-state index in [1.54, 1.807) is 20.7 Å². The first-order valence-electron chi connectivity index (χ1n) is 4.05. The van der Waals surface area contributed by atoms with Gasteiger partial charge in [-0.15, -0.1) is 0 Å². The summed E-state index contributed by atoms with van der Waals surface area (Å²) in [5.74, 6) is 0. The molecule has 2 rings (SSSR count). The third-order valence-corrected chi connectivity index (χ3v) is 2.26. The van der Waals surface area contributed by atoms with Crippen LogP contribution < -0.4 is 0 Å². The summed E-state index contributed by atoms with van der Waals surface area (Å²) >= 11 is 9.87. The monoisotopic (exact) mass is 536 g/mol. The van der Waals surface area contributed by atoms with Gasteiger partial charge in [-0.2, -0.15) is 13.2 Å². The third-order valence-electron chi connectivity index (χ3n) is 1.95. The van der Waals surface area contributed by atoms with Gasteiger partial charge in [0, 0.05) is 17.1 Å². The number of nitrogens with one attached hydrogen (secondary N) is 1. The van der Waals surface area contributed by atoms with Crippen molar-refractivity contribution in [2.75, 3.05) is 0 Å². The number of H-pyrrole nitrogens is 1. The minimum atomic E-state index is -4.40. The first-order chi connectivity index (χ1) is 7.90. The van der Waals surface area contributed by atoms with E-state index in [9.17, 15) is 13.2 Å². The van der Waals surface area contributed by atoms with Crippen molar-refractivity contribution in [2.45, 2.75) is 6.18 Å². The molecule has 1 nitrogen and oxygen atoms in total. The van der Waals surface area contributed by atoms with Crippen molar-refractivity contribution < 1.29 is 21.6 Å². The van der Waals surface area contributed by atoms with E-state index >= 15 is 0 Å². The zero-order valence-electron chi connectivity index (χ0n) is 7.88. The molecule has 17 heavy (non-hydrogen) atoms. The van der Waals surface area contributed by atoms with Gasteiger partial charge in [0.1, 0.15) is 0 Å². The van der Waals surface area contributed by atoms with Gasteiger partial charge in [-0.05, 0) is 18.2 Å². The number of hydrogen-bond donors (Lipinski definition) is 1. The van der Waals surface area contributed by atoms with Crippen LogP contribution >= 0.6 is 52.3 Å². The quantitative estimate of drug-likeness (QED) is 0.333. The average molecular weight is 537 g/mol. The van der Waals surface area contributed by atoms with E-state index in [1.807, 2.05) is 0 Å². The molecule has 0 unspecified atom stereocenters. The number of aromatic amines is 1. The van der Waals surface area contributed by atoms with Crippen LogP contribution in [-0.4, -0.2) is 4.98 Å². The molecule has 0 amide bonds. The van der Waals surface area contributed by atoms with Crippen LogP contribution in [0.15, 0.2) is 24.4 Å². The Hall–Kier alpha value is 0.819. The maximum absolute atomic E-state index is 12.4. The summed E-state index contributed by atoms with van der Waals surface area (Å²) in [5, 5.41) is 0.217. The summed E-state index contributed by atoms with van der Waals surface area (Å²) < 4.78 is 37.2. The molecule has 0 saturated heterocycles. The van der Waals surface area contributed by atoms with Crippen LogP contribution in [0.5, 0.6) is 0 Å². The van der Waals surface area contributed by atoms with Gasteiger partial charge in [0.05, 0.1) is 10.6 Å². The van der Waals surface area contributed by atoms with Crippen LogP contribution in [0.3, 0.4) is 0 Å². The van der Waals surface area contributed by atoms with Gasteiger partial charge in [-0.25, -0.2) is 0 Å². The second kappa shape index (κ2) is 6.83. The summed E-state index contributed by atoms with van der Waals surface area (Å²) in [6.07, 6.45) is -2.83. The average Bonchev–Trinajstić information content (AvgIpc) is 2.62. The maximum atomic E-state index is 12.4. The normalized spacial score (nSPS) is 11.4. The van der Waals surface area contributed by atoms with Crippen LogP contribution in [-0.2, 0) is 14.6 Å². The first-order valence-corrected chi connectivity index (χ1v) is 10.5. The Morgan fingerprint density at radius 3 is 2.35 bits per heavy atom. The van der Waals surface area contributed by atoms with Crippen LogP contribution in [0.4, 0.5) is 13.2 Å². The molecule has 99 valence electrons. The van der Waals surface area contributed by atoms with Crippen molar-refractivity contribution in [3.63, 3.8) is 0 Å². The van der Waals surface area contributed by atoms with E-state index in [-0.39, 0.29) is 5.02 Å². The molecule has 0 atom stereocenters. The number of aromatic nitrogens is 1. The number of alkyl halides is 3. The summed E-state index contributed by atoms with van der Waals surface area (Å²) in [7, 11) is 1.75. The first kappa shape index (κ1) is 15.9. The van der Waals surface area contributed by atoms with Gasteiger partial charge in [0.25, 0.3) is 0 Å². The Balaban J connectivity index is 0.000000437. The fourth-order valence-electron chi connectivity index (χ4n) is 1.29. The van der Waals surface area contributed by atoms with E-state index in [4.69, 9.17) is 11.6 Å². The minimum absolute atomic E-state index is 0.285. The zero-order valence-corrected chi connectivity index (χ0v) is 13.9. The van der Waals surface area contributed by atoms with Crippen molar-refractivity contribution in [1.82, 2.24) is 4.98 Å². The molecular formula is C9H5ClCuF3I2N. The van der Waals surface area contributed by atoms with E-state index in [1.165, 1.54) is 6.07 Å². The van der Waals surface area contributed by atoms with E-state index < -0.39 is 11.7 Å². The van der Waals surface area contributed by atoms with E-state index in [0.717, 1.165) is 6.07 Å². The van der Waals surface area contributed by atoms with E-state index in [0.29, 0.717) is 10.9 Å². The predicted octanol–water partition coefficient (Wildman–Crippen LogP) is 5.61. The third kappa shape index (κ3) is 4.45. The Morgan fingerprint density at radius 2 is 1.82 bits per heavy atom. The molecule has 0 spiro atoms. The summed E-state index contributed by atoms with van der Waals surface area (Å²) in [5.41, 5.74) is -0.200. The molecule has 8 heteroatoms. The zero-order chi connectivity index (χ0) is 13.1. The van der Waals surface area contributed by atoms with Crippen LogP contribution in [0.1, 0.15) is 5.56 Å². The molecule has 1 aromatic heterocycles. The van der Waals surface area contributed by atoms with Gasteiger partial charge >= 0.3 is 55.3 Å². The summed E-state index contributed by atoms with van der Waals surface area (Å²) in [4.78, 5) is 2.79. The summed E-state index contributed by atoms with van der Waals surface area (Å²) in [6.45, 7) is 0. The Morgan fingerprint density at radius 1 is 1.24 bits per heavy atom. The van der Waals surface area contributed by atoms with Gasteiger partial charge < -0.3 is 4.98 Å². The molecule has 1 heterocycles. The van der Waals surface area contributed by atoms with Crippen molar-refractivity contribution in [1.29, 1.82) is 0 Å². The topological polar surface area (TPSA) is 15.8 Å². The number of halogens is 6. The summed E-state index contributed by atoms with van der Waals surface area (Å²) in [6, 6.07) is 3.88. The van der Waals surface area contributed by atoms with Crippen molar-refractivity contribution in [3.05, 3.63) is 35.0 Å². The number of hydrogen-bond acceptors (Lipinski definition) is 0. The molecule has 0 saturated carbocycles. The van der Waals surface area contributed by atoms with E-state index in [2.05, 4.69) is 45.7 Å². The molecule has 1 N–H and O–H groups in total. The van der Waals surface area contributed by atoms with Crippen LogP contribution in [0.2, 0.25) is 5.02 Å². The second-order valence-corrected chi connectivity index (χ2v) is 11.3. The number of benzene rings is 1. The molecule has 0 aliphatic heterocycles. The van der Waals surface area contributed by atoms with Crippen LogP contribution in [0, 0.1) is 0 Å². The van der Waals surface area contributed by atoms with Crippen molar-refractivity contribution >= 4 is 63.2 Å². The number of fused-ring (bicyclic) bond motifs is 1. The molecule has 1 aromatic carbocycles. The Bertz CT molecular complexity index is 500. The fraction of sp³-hybridized carbons (Fsp3) is 0.111. The molecule has 0 aliphatic rings. The second-order valence-electron chi connectivity index (χ2n) is 2.94. The molecule has 0 bridgehead atoms. The molecule has 0 aliphatic carbocycles. The SMILES string of the molecule is FC(F)(F)c1cc2cc[nH]c2cc1Cl.[I][Cu][I]. The van der Waals surface area contributed by atoms with Crippen molar-refractivity contribution in [3.8, 4) is 0 Å². The fourth-order valence-corrected chi connectivity index (χ4v) is 1.56. The van der Waals surface area contributed by atoms with Crippen molar-refractivity contribution in [2.24, 2.45) is 0 Å². The molecular weight excluding hydrogens is 532 g/mol. The molecule has 2 aromatic rings.